The van der Waals surface area contributed by atoms with Crippen LogP contribution in [-0.2, 0) is 4.79 Å². The van der Waals surface area contributed by atoms with Gasteiger partial charge in [0.15, 0.2) is 6.10 Å². The smallest absolute Gasteiger partial charge is 0.263 e. The fraction of sp³-hybridized carbons (Fsp3) is 0.562. The molecule has 1 aromatic carbocycles. The van der Waals surface area contributed by atoms with E-state index in [1.54, 1.807) is 6.07 Å². The third-order valence-electron chi connectivity index (χ3n) is 3.88. The van der Waals surface area contributed by atoms with Crippen molar-refractivity contribution < 1.29 is 9.53 Å². The predicted molar refractivity (Wildman–Crippen MR) is 84.9 cm³/mol. The molecule has 1 N–H and O–H groups in total. The van der Waals surface area contributed by atoms with Crippen LogP contribution in [0, 0.1) is 12.8 Å². The van der Waals surface area contributed by atoms with Crippen molar-refractivity contribution in [1.82, 2.24) is 10.2 Å². The highest BCUT2D eigenvalue weighted by atomic mass is 35.5. The third-order valence-corrected chi connectivity index (χ3v) is 4.11. The first-order valence-corrected chi connectivity index (χ1v) is 7.75. The van der Waals surface area contributed by atoms with Crippen LogP contribution in [0.5, 0.6) is 5.75 Å². The van der Waals surface area contributed by atoms with E-state index < -0.39 is 6.10 Å². The van der Waals surface area contributed by atoms with E-state index in [2.05, 4.69) is 5.32 Å². The van der Waals surface area contributed by atoms with Crippen LogP contribution in [-0.4, -0.2) is 43.6 Å². The van der Waals surface area contributed by atoms with E-state index in [-0.39, 0.29) is 5.91 Å². The Morgan fingerprint density at radius 2 is 2.33 bits per heavy atom. The molecule has 0 unspecified atom stereocenters. The Morgan fingerprint density at radius 1 is 1.57 bits per heavy atom. The molecule has 0 radical (unpaired) electrons. The molecule has 1 fully saturated rings. The largest absolute Gasteiger partial charge is 0.481 e. The number of halogens is 1. The zero-order chi connectivity index (χ0) is 15.4. The number of amides is 1. The highest BCUT2D eigenvalue weighted by Gasteiger charge is 2.29. The molecule has 116 valence electrons. The van der Waals surface area contributed by atoms with Crippen molar-refractivity contribution in [1.29, 1.82) is 0 Å². The molecule has 21 heavy (non-hydrogen) atoms. The van der Waals surface area contributed by atoms with Crippen LogP contribution in [0.1, 0.15) is 18.9 Å². The molecule has 0 spiro atoms. The van der Waals surface area contributed by atoms with Gasteiger partial charge in [-0.1, -0.05) is 11.6 Å². The van der Waals surface area contributed by atoms with Gasteiger partial charge in [-0.3, -0.25) is 4.79 Å². The Bertz CT molecular complexity index is 507. The molecule has 0 aromatic heterocycles. The van der Waals surface area contributed by atoms with Crippen LogP contribution in [0.3, 0.4) is 0 Å². The van der Waals surface area contributed by atoms with Crippen LogP contribution in [0.2, 0.25) is 5.02 Å². The molecule has 4 nitrogen and oxygen atoms in total. The first-order chi connectivity index (χ1) is 10.0. The molecular weight excluding hydrogens is 288 g/mol. The number of benzene rings is 1. The summed E-state index contributed by atoms with van der Waals surface area (Å²) in [4.78, 5) is 14.3. The summed E-state index contributed by atoms with van der Waals surface area (Å²) < 4.78 is 5.80. The number of rotatable bonds is 5. The number of hydrogen-bond acceptors (Lipinski definition) is 3. The summed E-state index contributed by atoms with van der Waals surface area (Å²) in [6, 6.07) is 5.43. The van der Waals surface area contributed by atoms with Gasteiger partial charge in [0.2, 0.25) is 0 Å². The Balaban J connectivity index is 1.94. The van der Waals surface area contributed by atoms with E-state index >= 15 is 0 Å². The van der Waals surface area contributed by atoms with E-state index in [4.69, 9.17) is 16.3 Å². The van der Waals surface area contributed by atoms with Crippen molar-refractivity contribution >= 4 is 17.5 Å². The number of carbonyl (C=O) groups excluding carboxylic acids is 1. The zero-order valence-corrected chi connectivity index (χ0v) is 13.6. The normalized spacial score (nSPS) is 19.6. The number of nitrogens with one attached hydrogen (secondary N) is 1. The van der Waals surface area contributed by atoms with Crippen LogP contribution in [0.25, 0.3) is 0 Å². The van der Waals surface area contributed by atoms with Gasteiger partial charge in [-0.2, -0.15) is 0 Å². The summed E-state index contributed by atoms with van der Waals surface area (Å²) >= 11 is 5.93. The lowest BCUT2D eigenvalue weighted by Crippen LogP contribution is -2.39. The van der Waals surface area contributed by atoms with Crippen molar-refractivity contribution in [3.05, 3.63) is 28.8 Å². The minimum Gasteiger partial charge on any atom is -0.481 e. The highest BCUT2D eigenvalue weighted by Crippen LogP contribution is 2.24. The molecule has 2 atom stereocenters. The number of hydrogen-bond donors (Lipinski definition) is 1. The number of ether oxygens (including phenoxy) is 1. The van der Waals surface area contributed by atoms with Crippen LogP contribution in [0.15, 0.2) is 18.2 Å². The fourth-order valence-electron chi connectivity index (χ4n) is 2.73. The van der Waals surface area contributed by atoms with E-state index in [1.807, 2.05) is 37.9 Å². The maximum atomic E-state index is 12.4. The number of carbonyl (C=O) groups is 1. The maximum absolute atomic E-state index is 12.4. The van der Waals surface area contributed by atoms with E-state index in [9.17, 15) is 4.79 Å². The molecule has 0 aliphatic carbocycles. The summed E-state index contributed by atoms with van der Waals surface area (Å²) in [6.45, 7) is 6.32. The lowest BCUT2D eigenvalue weighted by Gasteiger charge is -2.22. The minimum atomic E-state index is -0.474. The van der Waals surface area contributed by atoms with Gasteiger partial charge in [-0.05, 0) is 63.5 Å². The highest BCUT2D eigenvalue weighted by molar-refractivity contribution is 6.30. The van der Waals surface area contributed by atoms with Gasteiger partial charge in [-0.15, -0.1) is 0 Å². The van der Waals surface area contributed by atoms with Gasteiger partial charge < -0.3 is 15.0 Å². The van der Waals surface area contributed by atoms with Crippen molar-refractivity contribution in [3.63, 3.8) is 0 Å². The quantitative estimate of drug-likeness (QED) is 0.908. The topological polar surface area (TPSA) is 41.6 Å². The van der Waals surface area contributed by atoms with Gasteiger partial charge in [0.1, 0.15) is 5.75 Å². The standard InChI is InChI=1S/C16H23ClN2O2/c1-11-8-14(17)4-5-15(11)21-12(2)16(20)19-7-6-13(10-19)9-18-3/h4-5,8,12-13,18H,6-7,9-10H2,1-3H3/t12-,13+/m1/s1. The van der Waals surface area contributed by atoms with Crippen molar-refractivity contribution in [2.75, 3.05) is 26.7 Å². The lowest BCUT2D eigenvalue weighted by molar-refractivity contribution is -0.137. The van der Waals surface area contributed by atoms with Gasteiger partial charge in [0.25, 0.3) is 5.91 Å². The second-order valence-corrected chi connectivity index (χ2v) is 6.10. The summed E-state index contributed by atoms with van der Waals surface area (Å²) in [5.41, 5.74) is 0.941. The SMILES string of the molecule is CNC[C@@H]1CCN(C(=O)[C@@H](C)Oc2ccc(Cl)cc2C)C1. The Hall–Kier alpha value is -1.26. The molecule has 0 bridgehead atoms. The summed E-state index contributed by atoms with van der Waals surface area (Å²) in [7, 11) is 1.94. The Kier molecular flexibility index (Phi) is 5.48. The van der Waals surface area contributed by atoms with Gasteiger partial charge in [0, 0.05) is 18.1 Å². The molecular formula is C16H23ClN2O2. The van der Waals surface area contributed by atoms with Crippen molar-refractivity contribution in [2.45, 2.75) is 26.4 Å². The molecule has 5 heteroatoms. The average Bonchev–Trinajstić information content (AvgIpc) is 2.90. The van der Waals surface area contributed by atoms with E-state index in [0.29, 0.717) is 16.7 Å². The Labute approximate surface area is 131 Å². The number of nitrogens with zero attached hydrogens (tertiary/aromatic N) is 1. The average molecular weight is 311 g/mol. The predicted octanol–water partition coefficient (Wildman–Crippen LogP) is 2.48. The number of aryl methyl sites for hydroxylation is 1. The molecule has 1 amide bonds. The molecule has 1 aromatic rings. The molecule has 2 rings (SSSR count). The summed E-state index contributed by atoms with van der Waals surface area (Å²) in [5.74, 6) is 1.32. The lowest BCUT2D eigenvalue weighted by atomic mass is 10.1. The van der Waals surface area contributed by atoms with E-state index in [0.717, 1.165) is 31.6 Å². The Morgan fingerprint density at radius 3 is 3.00 bits per heavy atom. The van der Waals surface area contributed by atoms with Crippen molar-refractivity contribution in [3.8, 4) is 5.75 Å². The summed E-state index contributed by atoms with van der Waals surface area (Å²) in [6.07, 6.45) is 0.581. The molecule has 1 aliphatic rings. The van der Waals surface area contributed by atoms with Crippen molar-refractivity contribution in [2.24, 2.45) is 5.92 Å². The van der Waals surface area contributed by atoms with Gasteiger partial charge in [-0.25, -0.2) is 0 Å². The third kappa shape index (κ3) is 4.11. The first-order valence-electron chi connectivity index (χ1n) is 7.37. The molecule has 1 saturated heterocycles. The molecule has 1 aliphatic heterocycles. The van der Waals surface area contributed by atoms with E-state index in [1.165, 1.54) is 0 Å². The summed E-state index contributed by atoms with van der Waals surface area (Å²) in [5, 5.41) is 3.84. The second-order valence-electron chi connectivity index (χ2n) is 5.67. The second kappa shape index (κ2) is 7.14. The minimum absolute atomic E-state index is 0.0583. The molecule has 0 saturated carbocycles. The number of likely N-dealkylation sites (tertiary alicyclic amines) is 1. The fourth-order valence-corrected chi connectivity index (χ4v) is 2.96. The van der Waals surface area contributed by atoms with Crippen LogP contribution in [0.4, 0.5) is 0 Å². The van der Waals surface area contributed by atoms with Gasteiger partial charge in [0.05, 0.1) is 0 Å². The first kappa shape index (κ1) is 16.1. The molecule has 1 heterocycles. The zero-order valence-electron chi connectivity index (χ0n) is 12.9. The van der Waals surface area contributed by atoms with Gasteiger partial charge >= 0.3 is 0 Å². The van der Waals surface area contributed by atoms with Crippen LogP contribution < -0.4 is 10.1 Å². The monoisotopic (exact) mass is 310 g/mol. The van der Waals surface area contributed by atoms with Crippen LogP contribution >= 0.6 is 11.6 Å². The maximum Gasteiger partial charge on any atom is 0.263 e.